The van der Waals surface area contributed by atoms with Gasteiger partial charge in [-0.1, -0.05) is 96.8 Å². The van der Waals surface area contributed by atoms with Crippen molar-refractivity contribution in [1.82, 2.24) is 0 Å². The molecule has 0 fully saturated rings. The first kappa shape index (κ1) is 89.0. The lowest BCUT2D eigenvalue weighted by molar-refractivity contribution is -0.0320. The molecule has 542 valence electrons. The van der Waals surface area contributed by atoms with Crippen LogP contribution in [0.25, 0.3) is 0 Å². The van der Waals surface area contributed by atoms with E-state index in [4.69, 9.17) is 119 Å². The number of unbranched alkanes of at least 4 members (excludes halogenated alkanes) is 14. The second-order valence-electron chi connectivity index (χ2n) is 20.4. The Morgan fingerprint density at radius 3 is 0.344 bits per heavy atom. The first-order chi connectivity index (χ1) is 44.9. The number of aliphatic hydroxyl groups excluding tert-OH is 1. The number of aliphatic hydroxyl groups is 1. The van der Waals surface area contributed by atoms with Crippen LogP contribution in [-0.2, 0) is 114 Å². The van der Waals surface area contributed by atoms with Crippen molar-refractivity contribution < 1.29 is 119 Å². The van der Waals surface area contributed by atoms with Crippen LogP contribution in [0.4, 0.5) is 0 Å². The van der Waals surface area contributed by atoms with Gasteiger partial charge in [0.25, 0.3) is 0 Å². The molecule has 0 aliphatic heterocycles. The summed E-state index contributed by atoms with van der Waals surface area (Å²) in [4.78, 5) is 0. The zero-order valence-electron chi connectivity index (χ0n) is 56.5. The fraction of sp³-hybridized carbons (Fsp3) is 1.00. The predicted octanol–water partition coefficient (Wildman–Crippen LogP) is 6.25. The van der Waals surface area contributed by atoms with Crippen molar-refractivity contribution in [3.63, 3.8) is 0 Å². The molecule has 0 bridgehead atoms. The van der Waals surface area contributed by atoms with E-state index in [-0.39, 0.29) is 6.61 Å². The van der Waals surface area contributed by atoms with Crippen LogP contribution >= 0.6 is 0 Å². The van der Waals surface area contributed by atoms with E-state index >= 15 is 0 Å². The van der Waals surface area contributed by atoms with Crippen molar-refractivity contribution in [2.24, 2.45) is 0 Å². The highest BCUT2D eigenvalue weighted by Crippen LogP contribution is 2.13. The summed E-state index contributed by atoms with van der Waals surface area (Å²) in [7, 11) is 0. The molecule has 25 heteroatoms. The van der Waals surface area contributed by atoms with Gasteiger partial charge >= 0.3 is 0 Å². The number of hydrogen-bond acceptors (Lipinski definition) is 25. The van der Waals surface area contributed by atoms with Gasteiger partial charge in [0, 0.05) is 6.61 Å². The fourth-order valence-corrected chi connectivity index (χ4v) is 7.80. The molecule has 0 aliphatic rings. The normalized spacial score (nSPS) is 11.8. The van der Waals surface area contributed by atoms with Crippen LogP contribution in [0.1, 0.15) is 103 Å². The minimum Gasteiger partial charge on any atom is -0.394 e. The lowest BCUT2D eigenvalue weighted by Gasteiger charge is -2.09. The van der Waals surface area contributed by atoms with Crippen molar-refractivity contribution in [2.45, 2.75) is 103 Å². The lowest BCUT2D eigenvalue weighted by atomic mass is 10.0. The Morgan fingerprint density at radius 1 is 0.122 bits per heavy atom. The molecule has 0 aromatic carbocycles. The summed E-state index contributed by atoms with van der Waals surface area (Å²) < 4.78 is 132. The predicted molar refractivity (Wildman–Crippen MR) is 342 cm³/mol. The monoisotopic (exact) mass is 1310 g/mol. The molecule has 0 spiro atoms. The third-order valence-electron chi connectivity index (χ3n) is 12.7. The molecule has 0 radical (unpaired) electrons. The van der Waals surface area contributed by atoms with Crippen molar-refractivity contribution >= 4 is 0 Å². The van der Waals surface area contributed by atoms with Gasteiger partial charge in [0.05, 0.1) is 317 Å². The Hall–Kier alpha value is -1.00. The standard InChI is InChI=1S/C65H132O25/c1-2-3-4-5-6-7-8-9-10-11-12-13-14-15-16-18-67-20-22-69-24-26-71-28-30-73-32-34-75-36-38-77-40-42-79-44-46-81-48-50-83-52-54-85-56-58-87-60-62-89-64-65-90-63-61-88-59-57-86-55-53-84-51-49-82-47-45-80-43-41-78-39-37-76-35-33-74-31-29-72-27-25-70-23-21-68-19-17-66/h66H,2-65H2,1H3. The van der Waals surface area contributed by atoms with E-state index in [0.29, 0.717) is 311 Å². The van der Waals surface area contributed by atoms with Gasteiger partial charge < -0.3 is 119 Å². The van der Waals surface area contributed by atoms with E-state index in [9.17, 15) is 0 Å². The third-order valence-corrected chi connectivity index (χ3v) is 12.7. The van der Waals surface area contributed by atoms with Gasteiger partial charge in [-0.3, -0.25) is 0 Å². The van der Waals surface area contributed by atoms with Crippen LogP contribution in [0.15, 0.2) is 0 Å². The van der Waals surface area contributed by atoms with Gasteiger partial charge in [-0.15, -0.1) is 0 Å². The summed E-state index contributed by atoms with van der Waals surface area (Å²) in [5, 5.41) is 8.62. The van der Waals surface area contributed by atoms with Crippen LogP contribution < -0.4 is 0 Å². The zero-order valence-corrected chi connectivity index (χ0v) is 56.5. The Morgan fingerprint density at radius 2 is 0.222 bits per heavy atom. The van der Waals surface area contributed by atoms with Gasteiger partial charge in [0.1, 0.15) is 0 Å². The highest BCUT2D eigenvalue weighted by Gasteiger charge is 2.02. The smallest absolute Gasteiger partial charge is 0.0701 e. The summed E-state index contributed by atoms with van der Waals surface area (Å²) in [6.45, 7) is 26.5. The molecule has 25 nitrogen and oxygen atoms in total. The van der Waals surface area contributed by atoms with Crippen LogP contribution in [0.3, 0.4) is 0 Å². The van der Waals surface area contributed by atoms with Gasteiger partial charge in [-0.25, -0.2) is 0 Å². The Balaban J connectivity index is 3.08. The van der Waals surface area contributed by atoms with Crippen LogP contribution in [0.2, 0.25) is 0 Å². The maximum atomic E-state index is 8.62. The van der Waals surface area contributed by atoms with Gasteiger partial charge in [0.2, 0.25) is 0 Å². The highest BCUT2D eigenvalue weighted by atomic mass is 16.6. The summed E-state index contributed by atoms with van der Waals surface area (Å²) in [5.74, 6) is 0. The van der Waals surface area contributed by atoms with E-state index in [2.05, 4.69) is 6.92 Å². The topological polar surface area (TPSA) is 242 Å². The molecule has 90 heavy (non-hydrogen) atoms. The highest BCUT2D eigenvalue weighted by molar-refractivity contribution is 4.51. The van der Waals surface area contributed by atoms with Crippen molar-refractivity contribution in [1.29, 1.82) is 0 Å². The summed E-state index contributed by atoms with van der Waals surface area (Å²) in [6.07, 6.45) is 20.6. The first-order valence-corrected chi connectivity index (χ1v) is 34.4. The quantitative estimate of drug-likeness (QED) is 0.0662. The molecule has 0 rings (SSSR count). The van der Waals surface area contributed by atoms with Crippen LogP contribution in [0.5, 0.6) is 0 Å². The zero-order chi connectivity index (χ0) is 64.2. The molecule has 0 saturated heterocycles. The fourth-order valence-electron chi connectivity index (χ4n) is 7.80. The number of rotatable bonds is 87. The molecular weight excluding hydrogens is 1180 g/mol. The van der Waals surface area contributed by atoms with E-state index in [1.165, 1.54) is 89.9 Å². The minimum absolute atomic E-state index is 0.0185. The van der Waals surface area contributed by atoms with Crippen LogP contribution in [0, 0.1) is 0 Å². The van der Waals surface area contributed by atoms with Gasteiger partial charge in [0.15, 0.2) is 0 Å². The molecule has 0 aromatic rings. The van der Waals surface area contributed by atoms with E-state index < -0.39 is 0 Å². The van der Waals surface area contributed by atoms with Crippen molar-refractivity contribution in [3.8, 4) is 0 Å². The average molecular weight is 1310 g/mol. The largest absolute Gasteiger partial charge is 0.394 e. The summed E-state index contributed by atoms with van der Waals surface area (Å²) in [5.41, 5.74) is 0. The second-order valence-corrected chi connectivity index (χ2v) is 20.4. The molecule has 0 aromatic heterocycles. The Bertz CT molecular complexity index is 1130. The summed E-state index contributed by atoms with van der Waals surface area (Å²) >= 11 is 0. The molecule has 0 atom stereocenters. The first-order valence-electron chi connectivity index (χ1n) is 34.4. The van der Waals surface area contributed by atoms with E-state index in [0.717, 1.165) is 13.0 Å². The Kier molecular flexibility index (Phi) is 87.0. The molecule has 0 unspecified atom stereocenters. The molecule has 1 N–H and O–H groups in total. The minimum atomic E-state index is 0.0185. The Labute approximate surface area is 544 Å². The van der Waals surface area contributed by atoms with E-state index in [1.807, 2.05) is 0 Å². The third kappa shape index (κ3) is 87.0. The SMILES string of the molecule is CCCCCCCCCCCCCCCCCOCCOCCOCCOCCOCCOCCOCCOCCOCCOCCOCCOCCOCCOCCOCCOCCOCCOCCOCCOCCOCCOCCOCCOCCO. The molecule has 0 aliphatic carbocycles. The summed E-state index contributed by atoms with van der Waals surface area (Å²) in [6, 6.07) is 0. The van der Waals surface area contributed by atoms with Gasteiger partial charge in [-0.2, -0.15) is 0 Å². The van der Waals surface area contributed by atoms with Crippen molar-refractivity contribution in [3.05, 3.63) is 0 Å². The average Bonchev–Trinajstić information content (AvgIpc) is 3.55. The molecule has 0 heterocycles. The van der Waals surface area contributed by atoms with Crippen molar-refractivity contribution in [2.75, 3.05) is 324 Å². The maximum Gasteiger partial charge on any atom is 0.0701 e. The second kappa shape index (κ2) is 88.0. The number of ether oxygens (including phenoxy) is 24. The number of hydrogen-bond donors (Lipinski definition) is 1. The molecule has 0 saturated carbocycles. The van der Waals surface area contributed by atoms with E-state index in [1.54, 1.807) is 0 Å². The molecular formula is C65H132O25. The lowest BCUT2D eigenvalue weighted by Crippen LogP contribution is -2.16. The maximum absolute atomic E-state index is 8.62. The van der Waals surface area contributed by atoms with Gasteiger partial charge in [-0.05, 0) is 6.42 Å². The molecule has 0 amide bonds. The van der Waals surface area contributed by atoms with Crippen LogP contribution in [-0.4, -0.2) is 329 Å².